The largest absolute Gasteiger partial charge is 0.389 e. The van der Waals surface area contributed by atoms with E-state index in [1.54, 1.807) is 35.4 Å². The number of hydrogen-bond acceptors (Lipinski definition) is 5. The Hall–Kier alpha value is -3.58. The third kappa shape index (κ3) is 7.50. The highest BCUT2D eigenvalue weighted by Gasteiger charge is 2.40. The van der Waals surface area contributed by atoms with Crippen molar-refractivity contribution in [2.45, 2.75) is 94.9 Å². The molecule has 3 saturated carbocycles. The van der Waals surface area contributed by atoms with Crippen molar-refractivity contribution >= 4 is 17.5 Å². The highest BCUT2D eigenvalue weighted by atomic mass is 19.4. The van der Waals surface area contributed by atoms with E-state index in [4.69, 9.17) is 4.98 Å². The van der Waals surface area contributed by atoms with Gasteiger partial charge in [0.25, 0.3) is 5.91 Å². The van der Waals surface area contributed by atoms with Crippen LogP contribution in [0.25, 0.3) is 5.65 Å². The smallest absolute Gasteiger partial charge is 0.349 e. The van der Waals surface area contributed by atoms with E-state index in [1.165, 1.54) is 4.52 Å². The molecule has 0 aromatic carbocycles. The van der Waals surface area contributed by atoms with E-state index in [-0.39, 0.29) is 43.2 Å². The Bertz CT molecular complexity index is 1470. The zero-order valence-corrected chi connectivity index (χ0v) is 23.5. The van der Waals surface area contributed by atoms with Crippen molar-refractivity contribution in [1.29, 1.82) is 0 Å². The van der Waals surface area contributed by atoms with Gasteiger partial charge in [-0.25, -0.2) is 18.3 Å². The van der Waals surface area contributed by atoms with E-state index >= 15 is 0 Å². The molecular formula is C29H34F5N7O2. The second kappa shape index (κ2) is 11.5. The van der Waals surface area contributed by atoms with Crippen LogP contribution in [0.15, 0.2) is 30.7 Å². The van der Waals surface area contributed by atoms with E-state index in [0.717, 1.165) is 32.2 Å². The van der Waals surface area contributed by atoms with Gasteiger partial charge >= 0.3 is 6.18 Å². The predicted molar refractivity (Wildman–Crippen MR) is 144 cm³/mol. The number of carbonyl (C=O) groups excluding carboxylic acids is 2. The van der Waals surface area contributed by atoms with E-state index in [1.807, 2.05) is 0 Å². The molecule has 0 radical (unpaired) electrons. The van der Waals surface area contributed by atoms with E-state index in [0.29, 0.717) is 22.8 Å². The minimum atomic E-state index is -4.42. The number of fused-ring (bicyclic) bond motifs is 1. The molecule has 9 nitrogen and oxygen atoms in total. The molecule has 232 valence electrons. The van der Waals surface area contributed by atoms with Crippen LogP contribution in [-0.2, 0) is 11.3 Å². The van der Waals surface area contributed by atoms with Gasteiger partial charge in [0.05, 0.1) is 36.6 Å². The quantitative estimate of drug-likeness (QED) is 0.279. The zero-order chi connectivity index (χ0) is 30.4. The SMILES string of the molecule is O=C(CCC(F)(F)F)NC(c1cnn2cc([C@@H](NC(=O)c3ccn(CC4CC4)n3)C3CCC(F)(F)CC3)nc2c1)C1CC1. The van der Waals surface area contributed by atoms with Gasteiger partial charge in [0, 0.05) is 32.0 Å². The monoisotopic (exact) mass is 607 g/mol. The lowest BCUT2D eigenvalue weighted by molar-refractivity contribution is -0.144. The Morgan fingerprint density at radius 2 is 1.74 bits per heavy atom. The molecule has 3 aromatic heterocycles. The number of nitrogens with zero attached hydrogens (tertiary/aromatic N) is 5. The fourth-order valence-electron chi connectivity index (χ4n) is 5.83. The van der Waals surface area contributed by atoms with E-state index in [2.05, 4.69) is 20.8 Å². The fourth-order valence-corrected chi connectivity index (χ4v) is 5.83. The van der Waals surface area contributed by atoms with Crippen LogP contribution in [0, 0.1) is 17.8 Å². The van der Waals surface area contributed by atoms with Gasteiger partial charge in [0.15, 0.2) is 5.65 Å². The summed E-state index contributed by atoms with van der Waals surface area (Å²) in [6.45, 7) is 0.749. The number of carbonyl (C=O) groups is 2. The van der Waals surface area contributed by atoms with Crippen molar-refractivity contribution < 1.29 is 31.5 Å². The molecule has 0 spiro atoms. The van der Waals surface area contributed by atoms with Gasteiger partial charge in [-0.1, -0.05) is 0 Å². The van der Waals surface area contributed by atoms with Crippen molar-refractivity contribution in [3.8, 4) is 0 Å². The topological polar surface area (TPSA) is 106 Å². The van der Waals surface area contributed by atoms with Crippen LogP contribution in [0.1, 0.15) is 98.0 Å². The Morgan fingerprint density at radius 1 is 1.02 bits per heavy atom. The Kier molecular flexibility index (Phi) is 7.88. The second-order valence-electron chi connectivity index (χ2n) is 12.3. The maximum atomic E-state index is 14.0. The molecule has 0 bridgehead atoms. The van der Waals surface area contributed by atoms with Crippen molar-refractivity contribution in [1.82, 2.24) is 35.0 Å². The minimum Gasteiger partial charge on any atom is -0.349 e. The average molecular weight is 608 g/mol. The second-order valence-corrected chi connectivity index (χ2v) is 12.3. The van der Waals surface area contributed by atoms with Crippen molar-refractivity contribution in [2.24, 2.45) is 17.8 Å². The first kappa shape index (κ1) is 29.5. The van der Waals surface area contributed by atoms with Crippen molar-refractivity contribution in [3.05, 3.63) is 47.7 Å². The molecule has 3 fully saturated rings. The fraction of sp³-hybridized carbons (Fsp3) is 0.621. The third-order valence-electron chi connectivity index (χ3n) is 8.62. The van der Waals surface area contributed by atoms with Crippen LogP contribution in [0.3, 0.4) is 0 Å². The lowest BCUT2D eigenvalue weighted by Gasteiger charge is -2.33. The molecule has 2 atom stereocenters. The maximum absolute atomic E-state index is 14.0. The molecule has 3 aliphatic carbocycles. The summed E-state index contributed by atoms with van der Waals surface area (Å²) in [5.41, 5.74) is 1.73. The van der Waals surface area contributed by atoms with Gasteiger partial charge < -0.3 is 10.6 Å². The van der Waals surface area contributed by atoms with Gasteiger partial charge in [0.2, 0.25) is 11.8 Å². The highest BCUT2D eigenvalue weighted by molar-refractivity contribution is 5.92. The summed E-state index contributed by atoms with van der Waals surface area (Å²) < 4.78 is 69.2. The lowest BCUT2D eigenvalue weighted by Crippen LogP contribution is -2.37. The molecule has 0 saturated heterocycles. The van der Waals surface area contributed by atoms with Crippen LogP contribution in [0.2, 0.25) is 0 Å². The van der Waals surface area contributed by atoms with Crippen LogP contribution < -0.4 is 10.6 Å². The predicted octanol–water partition coefficient (Wildman–Crippen LogP) is 5.54. The van der Waals surface area contributed by atoms with Crippen LogP contribution in [0.5, 0.6) is 0 Å². The highest BCUT2D eigenvalue weighted by Crippen LogP contribution is 2.43. The van der Waals surface area contributed by atoms with Gasteiger partial charge in [-0.05, 0) is 74.0 Å². The molecule has 3 aromatic rings. The molecule has 3 heterocycles. The molecule has 6 rings (SSSR count). The molecule has 43 heavy (non-hydrogen) atoms. The summed E-state index contributed by atoms with van der Waals surface area (Å²) in [4.78, 5) is 30.3. The third-order valence-corrected chi connectivity index (χ3v) is 8.62. The number of halogens is 5. The van der Waals surface area contributed by atoms with Crippen LogP contribution in [-0.4, -0.2) is 48.3 Å². The normalized spacial score (nSPS) is 20.6. The summed E-state index contributed by atoms with van der Waals surface area (Å²) in [6, 6.07) is 2.20. The van der Waals surface area contributed by atoms with Crippen molar-refractivity contribution in [2.75, 3.05) is 0 Å². The molecular weight excluding hydrogens is 573 g/mol. The van der Waals surface area contributed by atoms with Gasteiger partial charge in [-0.3, -0.25) is 14.3 Å². The summed E-state index contributed by atoms with van der Waals surface area (Å²) in [6.07, 6.45) is 2.46. The molecule has 2 N–H and O–H groups in total. The maximum Gasteiger partial charge on any atom is 0.389 e. The minimum absolute atomic E-state index is 0.0872. The Labute approximate surface area is 244 Å². The first-order valence-corrected chi connectivity index (χ1v) is 14.9. The number of hydrogen-bond donors (Lipinski definition) is 2. The molecule has 0 aliphatic heterocycles. The molecule has 2 amide bonds. The summed E-state index contributed by atoms with van der Waals surface area (Å²) in [7, 11) is 0. The summed E-state index contributed by atoms with van der Waals surface area (Å²) in [5.74, 6) is -3.47. The number of nitrogens with one attached hydrogen (secondary N) is 2. The first-order chi connectivity index (χ1) is 20.4. The standard InChI is InChI=1S/C29H34F5N7O2/c30-28(31)9-5-19(6-10-28)26(38-27(43)21-8-12-40(39-21)15-17-1-2-17)22-16-41-23(36-22)13-20(14-35-41)25(18-3-4-18)37-24(42)7-11-29(32,33)34/h8,12-14,16-19,25-26H,1-7,9-11,15H2,(H,37,42)(H,38,43)/t25?,26-/m0/s1. The van der Waals surface area contributed by atoms with E-state index < -0.39 is 48.8 Å². The lowest BCUT2D eigenvalue weighted by atomic mass is 9.81. The molecule has 1 unspecified atom stereocenters. The number of aromatic nitrogens is 5. The summed E-state index contributed by atoms with van der Waals surface area (Å²) in [5, 5.41) is 14.6. The van der Waals surface area contributed by atoms with Crippen molar-refractivity contribution in [3.63, 3.8) is 0 Å². The number of amides is 2. The van der Waals surface area contributed by atoms with E-state index in [9.17, 15) is 31.5 Å². The summed E-state index contributed by atoms with van der Waals surface area (Å²) >= 11 is 0. The number of imidazole rings is 1. The average Bonchev–Trinajstić information content (AvgIpc) is 3.87. The van der Waals surface area contributed by atoms with Gasteiger partial charge in [0.1, 0.15) is 5.69 Å². The van der Waals surface area contributed by atoms with Crippen LogP contribution in [0.4, 0.5) is 22.0 Å². The van der Waals surface area contributed by atoms with Crippen LogP contribution >= 0.6 is 0 Å². The molecule has 3 aliphatic rings. The number of rotatable bonds is 11. The first-order valence-electron chi connectivity index (χ1n) is 14.9. The number of alkyl halides is 5. The van der Waals surface area contributed by atoms with Gasteiger partial charge in [-0.2, -0.15) is 23.4 Å². The Morgan fingerprint density at radius 3 is 2.42 bits per heavy atom. The molecule has 14 heteroatoms. The van der Waals surface area contributed by atoms with Gasteiger partial charge in [-0.15, -0.1) is 0 Å². The Balaban J connectivity index is 1.22. The zero-order valence-electron chi connectivity index (χ0n) is 23.5.